The lowest BCUT2D eigenvalue weighted by atomic mass is 9.76. The van der Waals surface area contributed by atoms with E-state index in [0.29, 0.717) is 11.4 Å². The molecule has 1 aliphatic rings. The highest BCUT2D eigenvalue weighted by Gasteiger charge is 2.32. The fraction of sp³-hybridized carbons (Fsp3) is 0.600. The van der Waals surface area contributed by atoms with Crippen molar-refractivity contribution in [1.82, 2.24) is 4.72 Å². The van der Waals surface area contributed by atoms with E-state index in [2.05, 4.69) is 20.7 Å². The molecular formula is C15H22BrNO2S. The van der Waals surface area contributed by atoms with E-state index >= 15 is 0 Å². The van der Waals surface area contributed by atoms with Crippen LogP contribution in [0.3, 0.4) is 0 Å². The van der Waals surface area contributed by atoms with Gasteiger partial charge in [-0.3, -0.25) is 0 Å². The number of sulfonamides is 1. The topological polar surface area (TPSA) is 46.2 Å². The van der Waals surface area contributed by atoms with Crippen LogP contribution in [-0.4, -0.2) is 20.3 Å². The van der Waals surface area contributed by atoms with Crippen molar-refractivity contribution in [2.24, 2.45) is 5.41 Å². The molecule has 0 amide bonds. The summed E-state index contributed by atoms with van der Waals surface area (Å²) in [5.41, 5.74) is 0.866. The van der Waals surface area contributed by atoms with Crippen molar-refractivity contribution in [2.45, 2.75) is 43.9 Å². The Labute approximate surface area is 130 Å². The molecule has 0 radical (unpaired) electrons. The van der Waals surface area contributed by atoms with Gasteiger partial charge in [-0.25, -0.2) is 13.1 Å². The van der Waals surface area contributed by atoms with Gasteiger partial charge in [0.15, 0.2) is 0 Å². The third-order valence-electron chi connectivity index (χ3n) is 4.22. The van der Waals surface area contributed by atoms with Crippen LogP contribution in [0.5, 0.6) is 0 Å². The van der Waals surface area contributed by atoms with Crippen molar-refractivity contribution in [3.05, 3.63) is 29.8 Å². The van der Waals surface area contributed by atoms with Crippen molar-refractivity contribution >= 4 is 26.0 Å². The predicted molar refractivity (Wildman–Crippen MR) is 85.7 cm³/mol. The second kappa shape index (κ2) is 6.58. The Bertz CT molecular complexity index is 551. The first-order valence-corrected chi connectivity index (χ1v) is 9.71. The Morgan fingerprint density at radius 3 is 2.45 bits per heavy atom. The van der Waals surface area contributed by atoms with Crippen LogP contribution < -0.4 is 4.72 Å². The molecule has 1 fully saturated rings. The van der Waals surface area contributed by atoms with Crippen LogP contribution in [0.4, 0.5) is 0 Å². The lowest BCUT2D eigenvalue weighted by Crippen LogP contribution is -2.40. The molecule has 1 aromatic carbocycles. The largest absolute Gasteiger partial charge is 0.240 e. The van der Waals surface area contributed by atoms with Crippen molar-refractivity contribution in [1.29, 1.82) is 0 Å². The van der Waals surface area contributed by atoms with E-state index in [0.717, 1.165) is 23.7 Å². The molecule has 0 heterocycles. The predicted octanol–water partition coefficient (Wildman–Crippen LogP) is 3.62. The molecular weight excluding hydrogens is 338 g/mol. The van der Waals surface area contributed by atoms with Gasteiger partial charge in [0.1, 0.15) is 0 Å². The molecule has 5 heteroatoms. The summed E-state index contributed by atoms with van der Waals surface area (Å²) in [6.07, 6.45) is 5.83. The fourth-order valence-electron chi connectivity index (χ4n) is 2.84. The summed E-state index contributed by atoms with van der Waals surface area (Å²) >= 11 is 3.57. The highest BCUT2D eigenvalue weighted by atomic mass is 79.9. The number of hydrogen-bond acceptors (Lipinski definition) is 2. The maximum Gasteiger partial charge on any atom is 0.240 e. The van der Waals surface area contributed by atoms with Gasteiger partial charge in [0.2, 0.25) is 10.0 Å². The summed E-state index contributed by atoms with van der Waals surface area (Å²) in [6, 6.07) is 7.12. The van der Waals surface area contributed by atoms with Crippen LogP contribution in [0.1, 0.15) is 37.7 Å². The third kappa shape index (κ3) is 3.62. The summed E-state index contributed by atoms with van der Waals surface area (Å²) in [7, 11) is -3.41. The van der Waals surface area contributed by atoms with Crippen molar-refractivity contribution < 1.29 is 8.42 Å². The van der Waals surface area contributed by atoms with E-state index in [-0.39, 0.29) is 5.41 Å². The maximum absolute atomic E-state index is 12.4. The summed E-state index contributed by atoms with van der Waals surface area (Å²) in [6.45, 7) is 2.35. The van der Waals surface area contributed by atoms with Gasteiger partial charge >= 0.3 is 0 Å². The number of hydrogen-bond donors (Lipinski definition) is 1. The molecule has 0 spiro atoms. The van der Waals surface area contributed by atoms with Crippen LogP contribution in [0, 0.1) is 12.3 Å². The summed E-state index contributed by atoms with van der Waals surface area (Å²) < 4.78 is 27.7. The quantitative estimate of drug-likeness (QED) is 0.816. The van der Waals surface area contributed by atoms with E-state index in [4.69, 9.17) is 0 Å². The number of aryl methyl sites for hydroxylation is 1. The van der Waals surface area contributed by atoms with Gasteiger partial charge in [-0.05, 0) is 36.8 Å². The van der Waals surface area contributed by atoms with Crippen molar-refractivity contribution in [3.8, 4) is 0 Å². The van der Waals surface area contributed by atoms with E-state index in [1.807, 2.05) is 19.1 Å². The van der Waals surface area contributed by atoms with Crippen LogP contribution in [0.2, 0.25) is 0 Å². The van der Waals surface area contributed by atoms with Crippen molar-refractivity contribution in [3.63, 3.8) is 0 Å². The molecule has 1 saturated carbocycles. The smallest absolute Gasteiger partial charge is 0.211 e. The van der Waals surface area contributed by atoms with Gasteiger partial charge in [-0.15, -0.1) is 0 Å². The average Bonchev–Trinajstić information content (AvgIpc) is 2.47. The third-order valence-corrected chi connectivity index (χ3v) is 6.97. The average molecular weight is 360 g/mol. The molecule has 0 saturated heterocycles. The highest BCUT2D eigenvalue weighted by molar-refractivity contribution is 9.09. The van der Waals surface area contributed by atoms with Crippen LogP contribution >= 0.6 is 15.9 Å². The zero-order valence-electron chi connectivity index (χ0n) is 11.9. The first-order valence-electron chi connectivity index (χ1n) is 7.10. The molecule has 1 aromatic rings. The Balaban J connectivity index is 2.11. The molecule has 2 rings (SSSR count). The zero-order chi connectivity index (χ0) is 14.6. The summed E-state index contributed by atoms with van der Waals surface area (Å²) in [5, 5.41) is 0.857. The first-order chi connectivity index (χ1) is 9.49. The summed E-state index contributed by atoms with van der Waals surface area (Å²) in [4.78, 5) is 0.389. The summed E-state index contributed by atoms with van der Waals surface area (Å²) in [5.74, 6) is 0. The van der Waals surface area contributed by atoms with Crippen LogP contribution in [-0.2, 0) is 10.0 Å². The molecule has 0 unspecified atom stereocenters. The Kier molecular flexibility index (Phi) is 5.26. The standard InChI is InChI=1S/C15H22BrNO2S/c1-13-7-3-4-8-14(13)20(18,19)17-12-15(11-16)9-5-2-6-10-15/h3-4,7-8,17H,2,5-6,9-12H2,1H3. The number of rotatable bonds is 5. The number of benzene rings is 1. The van der Waals surface area contributed by atoms with Gasteiger partial charge in [0.25, 0.3) is 0 Å². The minimum Gasteiger partial charge on any atom is -0.211 e. The fourth-order valence-corrected chi connectivity index (χ4v) is 5.00. The number of halogens is 1. The second-order valence-corrected chi connectivity index (χ2v) is 8.08. The Morgan fingerprint density at radius 2 is 1.85 bits per heavy atom. The maximum atomic E-state index is 12.4. The Morgan fingerprint density at radius 1 is 1.20 bits per heavy atom. The number of alkyl halides is 1. The van der Waals surface area contributed by atoms with E-state index in [9.17, 15) is 8.42 Å². The van der Waals surface area contributed by atoms with E-state index < -0.39 is 10.0 Å². The molecule has 1 aliphatic carbocycles. The monoisotopic (exact) mass is 359 g/mol. The Hall–Kier alpha value is -0.390. The van der Waals surface area contributed by atoms with Crippen LogP contribution in [0.15, 0.2) is 29.2 Å². The van der Waals surface area contributed by atoms with Gasteiger partial charge < -0.3 is 0 Å². The lowest BCUT2D eigenvalue weighted by molar-refractivity contribution is 0.227. The molecule has 0 aliphatic heterocycles. The van der Waals surface area contributed by atoms with E-state index in [1.165, 1.54) is 19.3 Å². The SMILES string of the molecule is Cc1ccccc1S(=O)(=O)NCC1(CBr)CCCCC1. The van der Waals surface area contributed by atoms with Gasteiger partial charge in [-0.2, -0.15) is 0 Å². The first kappa shape index (κ1) is 16.0. The van der Waals surface area contributed by atoms with Crippen molar-refractivity contribution in [2.75, 3.05) is 11.9 Å². The zero-order valence-corrected chi connectivity index (χ0v) is 14.3. The molecule has 1 N–H and O–H groups in total. The van der Waals surface area contributed by atoms with Crippen LogP contribution in [0.25, 0.3) is 0 Å². The van der Waals surface area contributed by atoms with Gasteiger partial charge in [0.05, 0.1) is 4.90 Å². The lowest BCUT2D eigenvalue weighted by Gasteiger charge is -2.35. The van der Waals surface area contributed by atoms with Gasteiger partial charge in [-0.1, -0.05) is 53.4 Å². The molecule has 0 atom stereocenters. The molecule has 0 aromatic heterocycles. The minimum absolute atomic E-state index is 0.0774. The highest BCUT2D eigenvalue weighted by Crippen LogP contribution is 2.37. The normalized spacial score (nSPS) is 18.9. The number of nitrogens with one attached hydrogen (secondary N) is 1. The van der Waals surface area contributed by atoms with E-state index in [1.54, 1.807) is 12.1 Å². The molecule has 3 nitrogen and oxygen atoms in total. The minimum atomic E-state index is -3.41. The molecule has 20 heavy (non-hydrogen) atoms. The van der Waals surface area contributed by atoms with Gasteiger partial charge in [0, 0.05) is 11.9 Å². The molecule has 112 valence electrons. The second-order valence-electron chi connectivity index (χ2n) is 5.78. The molecule has 0 bridgehead atoms.